The maximum Gasteiger partial charge on any atom is 0.133 e. The molecule has 1 heterocycles. The van der Waals surface area contributed by atoms with Gasteiger partial charge in [-0.2, -0.15) is 0 Å². The van der Waals surface area contributed by atoms with Gasteiger partial charge in [-0.1, -0.05) is 6.92 Å². The van der Waals surface area contributed by atoms with Crippen LogP contribution in [0.4, 0.5) is 10.2 Å². The number of aryl methyl sites for hydroxylation is 1. The van der Waals surface area contributed by atoms with Crippen molar-refractivity contribution in [3.8, 4) is 11.3 Å². The van der Waals surface area contributed by atoms with Crippen LogP contribution in [0.1, 0.15) is 31.7 Å². The Hall–Kier alpha value is -1.97. The van der Waals surface area contributed by atoms with Crippen LogP contribution in [0, 0.1) is 12.7 Å². The number of nitrogens with one attached hydrogen (secondary N) is 1. The molecule has 0 bridgehead atoms. The Kier molecular flexibility index (Phi) is 4.66. The maximum atomic E-state index is 13.1. The zero-order chi connectivity index (χ0) is 14.5. The summed E-state index contributed by atoms with van der Waals surface area (Å²) in [6.45, 7) is 6.95. The molecule has 20 heavy (non-hydrogen) atoms. The lowest BCUT2D eigenvalue weighted by molar-refractivity contribution is 0.628. The van der Waals surface area contributed by atoms with Gasteiger partial charge in [-0.3, -0.25) is 0 Å². The Balaban J connectivity index is 2.52. The summed E-state index contributed by atoms with van der Waals surface area (Å²) in [4.78, 5) is 9.19. The van der Waals surface area contributed by atoms with E-state index in [1.165, 1.54) is 12.1 Å². The van der Waals surface area contributed by atoms with Crippen LogP contribution in [0.15, 0.2) is 24.3 Å². The molecule has 0 aliphatic carbocycles. The average molecular weight is 273 g/mol. The molecule has 0 fully saturated rings. The van der Waals surface area contributed by atoms with E-state index < -0.39 is 0 Å². The molecule has 0 spiro atoms. The highest BCUT2D eigenvalue weighted by Crippen LogP contribution is 2.26. The number of hydrogen-bond acceptors (Lipinski definition) is 3. The number of benzene rings is 1. The van der Waals surface area contributed by atoms with Crippen molar-refractivity contribution >= 4 is 5.82 Å². The van der Waals surface area contributed by atoms with Gasteiger partial charge in [-0.15, -0.1) is 0 Å². The largest absolute Gasteiger partial charge is 0.370 e. The van der Waals surface area contributed by atoms with Crippen molar-refractivity contribution in [3.05, 3.63) is 41.5 Å². The third-order valence-corrected chi connectivity index (χ3v) is 3.13. The maximum absolute atomic E-state index is 13.1. The highest BCUT2D eigenvalue weighted by molar-refractivity contribution is 5.68. The highest BCUT2D eigenvalue weighted by atomic mass is 19.1. The number of rotatable bonds is 5. The minimum absolute atomic E-state index is 0.235. The third kappa shape index (κ3) is 3.13. The lowest BCUT2D eigenvalue weighted by Crippen LogP contribution is -2.08. The van der Waals surface area contributed by atoms with E-state index in [0.29, 0.717) is 0 Å². The van der Waals surface area contributed by atoms with Crippen LogP contribution >= 0.6 is 0 Å². The first kappa shape index (κ1) is 14.4. The van der Waals surface area contributed by atoms with Crippen molar-refractivity contribution in [1.82, 2.24) is 9.97 Å². The van der Waals surface area contributed by atoms with Gasteiger partial charge in [0.25, 0.3) is 0 Å². The van der Waals surface area contributed by atoms with Gasteiger partial charge in [0, 0.05) is 24.1 Å². The van der Waals surface area contributed by atoms with E-state index in [2.05, 4.69) is 22.2 Å². The predicted molar refractivity (Wildman–Crippen MR) is 80.3 cm³/mol. The molecular weight excluding hydrogens is 253 g/mol. The second-order valence-corrected chi connectivity index (χ2v) is 4.75. The average Bonchev–Trinajstić information content (AvgIpc) is 2.44. The number of nitrogens with zero attached hydrogens (tertiary/aromatic N) is 2. The molecule has 2 rings (SSSR count). The van der Waals surface area contributed by atoms with E-state index in [0.717, 1.165) is 47.8 Å². The Morgan fingerprint density at radius 2 is 1.80 bits per heavy atom. The van der Waals surface area contributed by atoms with Gasteiger partial charge >= 0.3 is 0 Å². The van der Waals surface area contributed by atoms with Crippen LogP contribution in [0.5, 0.6) is 0 Å². The Bertz CT molecular complexity index is 579. The summed E-state index contributed by atoms with van der Waals surface area (Å²) in [5, 5.41) is 3.27. The Morgan fingerprint density at radius 1 is 1.10 bits per heavy atom. The number of anilines is 1. The summed E-state index contributed by atoms with van der Waals surface area (Å²) in [6, 6.07) is 6.44. The van der Waals surface area contributed by atoms with Crippen LogP contribution < -0.4 is 5.32 Å². The van der Waals surface area contributed by atoms with Gasteiger partial charge in [-0.25, -0.2) is 14.4 Å². The first-order valence-electron chi connectivity index (χ1n) is 7.03. The molecule has 0 aliphatic heterocycles. The van der Waals surface area contributed by atoms with E-state index >= 15 is 0 Å². The van der Waals surface area contributed by atoms with Crippen molar-refractivity contribution in [2.24, 2.45) is 0 Å². The van der Waals surface area contributed by atoms with Gasteiger partial charge in [-0.05, 0) is 44.5 Å². The van der Waals surface area contributed by atoms with Gasteiger partial charge in [0.2, 0.25) is 0 Å². The Morgan fingerprint density at radius 3 is 2.40 bits per heavy atom. The molecule has 0 aliphatic rings. The highest BCUT2D eigenvalue weighted by Gasteiger charge is 2.12. The van der Waals surface area contributed by atoms with Crippen LogP contribution in [0.25, 0.3) is 11.3 Å². The minimum Gasteiger partial charge on any atom is -0.370 e. The summed E-state index contributed by atoms with van der Waals surface area (Å²) in [5.41, 5.74) is 2.79. The number of halogens is 1. The summed E-state index contributed by atoms with van der Waals surface area (Å²) in [6.07, 6.45) is 1.84. The first-order chi connectivity index (χ1) is 9.65. The van der Waals surface area contributed by atoms with E-state index in [-0.39, 0.29) is 5.82 Å². The zero-order valence-corrected chi connectivity index (χ0v) is 12.2. The SMILES string of the molecule is CCCc1nc(NCC)c(C)c(-c2ccc(F)cc2)n1. The molecule has 0 unspecified atom stereocenters. The second-order valence-electron chi connectivity index (χ2n) is 4.75. The van der Waals surface area contributed by atoms with Crippen LogP contribution in [-0.4, -0.2) is 16.5 Å². The molecule has 1 aromatic heterocycles. The standard InChI is InChI=1S/C16H20FN3/c1-4-6-14-19-15(11(3)16(20-14)18-5-2)12-7-9-13(17)10-8-12/h7-10H,4-6H2,1-3H3,(H,18,19,20). The van der Waals surface area contributed by atoms with Crippen LogP contribution in [-0.2, 0) is 6.42 Å². The van der Waals surface area contributed by atoms with E-state index in [1.54, 1.807) is 12.1 Å². The van der Waals surface area contributed by atoms with E-state index in [4.69, 9.17) is 0 Å². The zero-order valence-electron chi connectivity index (χ0n) is 12.2. The Labute approximate surface area is 119 Å². The molecule has 0 saturated carbocycles. The van der Waals surface area contributed by atoms with Crippen molar-refractivity contribution in [3.63, 3.8) is 0 Å². The van der Waals surface area contributed by atoms with Gasteiger partial charge in [0.15, 0.2) is 0 Å². The third-order valence-electron chi connectivity index (χ3n) is 3.13. The lowest BCUT2D eigenvalue weighted by atomic mass is 10.1. The second kappa shape index (κ2) is 6.46. The van der Waals surface area contributed by atoms with Crippen molar-refractivity contribution in [2.75, 3.05) is 11.9 Å². The lowest BCUT2D eigenvalue weighted by Gasteiger charge is -2.13. The van der Waals surface area contributed by atoms with E-state index in [9.17, 15) is 4.39 Å². The molecule has 0 radical (unpaired) electrons. The molecular formula is C16H20FN3. The van der Waals surface area contributed by atoms with Gasteiger partial charge < -0.3 is 5.32 Å². The fourth-order valence-corrected chi connectivity index (χ4v) is 2.13. The van der Waals surface area contributed by atoms with Crippen molar-refractivity contribution < 1.29 is 4.39 Å². The summed E-state index contributed by atoms with van der Waals surface area (Å²) in [5.74, 6) is 1.46. The molecule has 1 N–H and O–H groups in total. The molecule has 0 saturated heterocycles. The monoisotopic (exact) mass is 273 g/mol. The summed E-state index contributed by atoms with van der Waals surface area (Å²) in [7, 11) is 0. The smallest absolute Gasteiger partial charge is 0.133 e. The molecule has 3 nitrogen and oxygen atoms in total. The minimum atomic E-state index is -0.235. The summed E-state index contributed by atoms with van der Waals surface area (Å²) < 4.78 is 13.1. The number of aromatic nitrogens is 2. The van der Waals surface area contributed by atoms with Crippen molar-refractivity contribution in [2.45, 2.75) is 33.6 Å². The first-order valence-corrected chi connectivity index (χ1v) is 7.03. The van der Waals surface area contributed by atoms with E-state index in [1.807, 2.05) is 13.8 Å². The molecule has 0 atom stereocenters. The fourth-order valence-electron chi connectivity index (χ4n) is 2.13. The molecule has 1 aromatic carbocycles. The quantitative estimate of drug-likeness (QED) is 0.895. The van der Waals surface area contributed by atoms with Gasteiger partial charge in [0.1, 0.15) is 17.5 Å². The fraction of sp³-hybridized carbons (Fsp3) is 0.375. The molecule has 0 amide bonds. The predicted octanol–water partition coefficient (Wildman–Crippen LogP) is 3.98. The summed E-state index contributed by atoms with van der Waals surface area (Å²) >= 11 is 0. The molecule has 2 aromatic rings. The van der Waals surface area contributed by atoms with Crippen LogP contribution in [0.2, 0.25) is 0 Å². The topological polar surface area (TPSA) is 37.8 Å². The molecule has 4 heteroatoms. The van der Waals surface area contributed by atoms with Gasteiger partial charge in [0.05, 0.1) is 5.69 Å². The normalized spacial score (nSPS) is 10.6. The number of hydrogen-bond donors (Lipinski definition) is 1. The van der Waals surface area contributed by atoms with Crippen LogP contribution in [0.3, 0.4) is 0 Å². The molecule has 106 valence electrons. The van der Waals surface area contributed by atoms with Crippen molar-refractivity contribution in [1.29, 1.82) is 0 Å².